The minimum atomic E-state index is -2.20. The van der Waals surface area contributed by atoms with Crippen LogP contribution in [-0.2, 0) is 95.9 Å². The van der Waals surface area contributed by atoms with Crippen molar-refractivity contribution in [2.45, 2.75) is 330 Å². The van der Waals surface area contributed by atoms with Crippen molar-refractivity contribution in [2.24, 2.45) is 35.1 Å². The molecule has 21 N–H and O–H groups in total. The van der Waals surface area contributed by atoms with Crippen molar-refractivity contribution < 1.29 is 101 Å². The Morgan fingerprint density at radius 2 is 0.942 bits per heavy atom. The van der Waals surface area contributed by atoms with Gasteiger partial charge in [0.2, 0.25) is 112 Å². The zero-order valence-electron chi connectivity index (χ0n) is 74.5. The van der Waals surface area contributed by atoms with Crippen molar-refractivity contribution in [1.29, 1.82) is 0 Å². The molecule has 0 bridgehead atoms. The van der Waals surface area contributed by atoms with E-state index in [2.05, 4.69) is 85.1 Å². The van der Waals surface area contributed by atoms with Crippen LogP contribution in [-0.4, -0.2) is 252 Å². The molecule has 120 heavy (non-hydrogen) atoms. The van der Waals surface area contributed by atoms with Crippen LogP contribution < -0.4 is 96.5 Å². The van der Waals surface area contributed by atoms with E-state index in [1.165, 1.54) is 116 Å². The van der Waals surface area contributed by atoms with Crippen LogP contribution in [0.2, 0.25) is 0 Å². The largest absolute Gasteiger partial charge is 0.394 e. The highest BCUT2D eigenvalue weighted by Crippen LogP contribution is 2.34. The van der Waals surface area contributed by atoms with Crippen molar-refractivity contribution >= 4 is 118 Å². The summed E-state index contributed by atoms with van der Waals surface area (Å²) in [6, 6.07) is -10.2. The summed E-state index contributed by atoms with van der Waals surface area (Å²) in [7, 11) is 0. The smallest absolute Gasteiger partial charge is 0.267 e. The van der Waals surface area contributed by atoms with Crippen molar-refractivity contribution in [3.8, 4) is 0 Å². The molecule has 41 nitrogen and oxygen atoms in total. The summed E-state index contributed by atoms with van der Waals surface area (Å²) in [4.78, 5) is 275. The molecule has 20 amide bonds. The van der Waals surface area contributed by atoms with Gasteiger partial charge in [0.05, 0.1) is 25.7 Å². The van der Waals surface area contributed by atoms with Gasteiger partial charge in [-0.25, -0.2) is 0 Å². The zero-order valence-corrected chi connectivity index (χ0v) is 74.5. The Morgan fingerprint density at radius 3 is 1.43 bits per heavy atom. The average molecular weight is 1700 g/mol. The average Bonchev–Trinajstić information content (AvgIpc) is 1.58. The Morgan fingerprint density at radius 1 is 0.500 bits per heavy atom. The second-order valence-electron chi connectivity index (χ2n) is 36.2. The topological polar surface area (TPSA) is 613 Å². The number of primary amides is 2. The quantitative estimate of drug-likeness (QED) is 0.0278. The molecule has 0 radical (unpaired) electrons. The van der Waals surface area contributed by atoms with E-state index in [-0.39, 0.29) is 69.2 Å². The maximum absolute atomic E-state index is 15.3. The van der Waals surface area contributed by atoms with Gasteiger partial charge in [0.15, 0.2) is 5.66 Å². The number of aliphatic hydroxyl groups is 1. The Labute approximate surface area is 702 Å². The van der Waals surface area contributed by atoms with E-state index in [9.17, 15) is 96.2 Å². The maximum Gasteiger partial charge on any atom is 0.267 e. The first-order valence-corrected chi connectivity index (χ1v) is 40.5. The lowest BCUT2D eigenvalue weighted by molar-refractivity contribution is -0.156. The normalized spacial score (nSPS) is 17.8. The molecule has 678 valence electrons. The number of nitrogens with zero attached hydrogens (tertiary/aromatic N) is 2. The first kappa shape index (κ1) is 105. The summed E-state index contributed by atoms with van der Waals surface area (Å²) in [6.45, 7) is 34.8. The molecule has 10 unspecified atom stereocenters. The molecule has 0 aliphatic carbocycles. The molecule has 2 fully saturated rings. The number of hydrogen-bond donors (Lipinski definition) is 19. The highest BCUT2D eigenvalue weighted by atomic mass is 16.3. The highest BCUT2D eigenvalue weighted by Gasteiger charge is 2.59. The molecule has 0 aromatic rings. The number of carbonyl (C=O) groups excluding carboxylic acids is 20. The van der Waals surface area contributed by atoms with E-state index < -0.39 is 249 Å². The van der Waals surface area contributed by atoms with Gasteiger partial charge in [-0.3, -0.25) is 101 Å². The molecule has 41 heteroatoms. The van der Waals surface area contributed by atoms with Crippen molar-refractivity contribution in [3.63, 3.8) is 0 Å². The Balaban J connectivity index is 2.28. The molecule has 0 saturated carbocycles. The first-order valence-electron chi connectivity index (χ1n) is 40.5. The fraction of sp³-hybridized carbons (Fsp3) is 0.747. The first-order chi connectivity index (χ1) is 54.8. The SMILES string of the molecule is CCC(C)(NC(=O)C1(C)NC(=O)C(CC(C)C)N1C(=O)C1CCCN1C(=O)C(C)(C)NC(=O)C(CC(C)C)NC(=O)CNC(=O)C(C)(C)NC(=O)C(NC(=O)C(C)(C)NC(=O)C(CCC(N)=O)NC(=O)C(C)(C)NC(=O)C(C)(C)NC(=O)C(C)NC(=O)CNC(=O)C(C)(C)NC(C)=O)C(C)C)C(=O)NC(CCC(N)=O)C(=O)NC(CO)CC(C)C. The molecule has 2 rings (SSSR count). The predicted molar refractivity (Wildman–Crippen MR) is 438 cm³/mol. The summed E-state index contributed by atoms with van der Waals surface area (Å²) in [5, 5.41) is 50.7. The Bertz CT molecular complexity index is 3840. The maximum atomic E-state index is 15.3. The van der Waals surface area contributed by atoms with Crippen LogP contribution in [0.15, 0.2) is 0 Å². The summed E-state index contributed by atoms with van der Waals surface area (Å²) >= 11 is 0. The van der Waals surface area contributed by atoms with Gasteiger partial charge in [0.25, 0.3) is 5.91 Å². The third-order valence-corrected chi connectivity index (χ3v) is 20.4. The summed E-state index contributed by atoms with van der Waals surface area (Å²) in [6.07, 6.45) is -0.762. The molecule has 2 heterocycles. The second-order valence-corrected chi connectivity index (χ2v) is 36.2. The summed E-state index contributed by atoms with van der Waals surface area (Å²) < 4.78 is 0. The molecule has 0 aromatic carbocycles. The van der Waals surface area contributed by atoms with E-state index in [0.29, 0.717) is 6.42 Å². The Hall–Kier alpha value is -10.6. The number of rotatable bonds is 46. The second kappa shape index (κ2) is 43.5. The summed E-state index contributed by atoms with van der Waals surface area (Å²) in [5.74, 6) is -17.8. The van der Waals surface area contributed by atoms with Gasteiger partial charge in [-0.1, -0.05) is 62.3 Å². The van der Waals surface area contributed by atoms with E-state index >= 15 is 4.79 Å². The molecule has 0 aromatic heterocycles. The number of nitrogens with two attached hydrogens (primary N) is 2. The van der Waals surface area contributed by atoms with Crippen LogP contribution in [0.1, 0.15) is 237 Å². The fourth-order valence-electron chi connectivity index (χ4n) is 13.0. The number of hydrogen-bond acceptors (Lipinski definition) is 21. The van der Waals surface area contributed by atoms with Gasteiger partial charge in [-0.15, -0.1) is 0 Å². The number of likely N-dealkylation sites (tertiary alicyclic amines) is 1. The number of aliphatic hydroxyl groups excluding tert-OH is 1. The fourth-order valence-corrected chi connectivity index (χ4v) is 13.0. The van der Waals surface area contributed by atoms with Crippen LogP contribution in [0.4, 0.5) is 0 Å². The van der Waals surface area contributed by atoms with Crippen LogP contribution in [0, 0.1) is 23.7 Å². The van der Waals surface area contributed by atoms with Gasteiger partial charge in [0.1, 0.15) is 81.1 Å². The van der Waals surface area contributed by atoms with Crippen molar-refractivity contribution in [1.82, 2.24) is 94.9 Å². The molecular formula is C79H136N20O21. The van der Waals surface area contributed by atoms with Gasteiger partial charge < -0.3 is 107 Å². The van der Waals surface area contributed by atoms with Gasteiger partial charge in [0, 0.05) is 26.3 Å². The van der Waals surface area contributed by atoms with Crippen LogP contribution >= 0.6 is 0 Å². The molecule has 2 saturated heterocycles. The minimum absolute atomic E-state index is 0.00637. The zero-order chi connectivity index (χ0) is 92.8. The lowest BCUT2D eigenvalue weighted by Gasteiger charge is -2.41. The number of amides is 20. The lowest BCUT2D eigenvalue weighted by atomic mass is 9.94. The molecule has 0 spiro atoms. The third kappa shape index (κ3) is 30.9. The predicted octanol–water partition coefficient (Wildman–Crippen LogP) is -3.83. The number of carbonyl (C=O) groups is 20. The lowest BCUT2D eigenvalue weighted by Crippen LogP contribution is -2.70. The van der Waals surface area contributed by atoms with Crippen molar-refractivity contribution in [3.05, 3.63) is 0 Å². The number of nitrogens with one attached hydrogen (secondary N) is 16. The van der Waals surface area contributed by atoms with Gasteiger partial charge in [-0.2, -0.15) is 0 Å². The van der Waals surface area contributed by atoms with E-state index in [4.69, 9.17) is 11.5 Å². The third-order valence-electron chi connectivity index (χ3n) is 20.4. The van der Waals surface area contributed by atoms with Gasteiger partial charge in [-0.05, 0) is 179 Å². The monoisotopic (exact) mass is 1700 g/mol. The van der Waals surface area contributed by atoms with E-state index in [1.807, 2.05) is 13.8 Å². The molecular weight excluding hydrogens is 1560 g/mol. The van der Waals surface area contributed by atoms with Crippen LogP contribution in [0.25, 0.3) is 0 Å². The Kier molecular flexibility index (Phi) is 38.3. The standard InChI is InChI=1S/C79H136N20O21/c1-26-78(24,69(118)88-47(29-31-52(80)102)58(107)85-46(39-100)34-40(2)3)97-70(119)79(25)95-61(110)51(36-42(6)7)99(79)63(112)50-28-27-33-98(50)71(120)77(22,23)93-60(109)49(35-41(4)5)86-55(105)38-83-65(114)73(14,15)94-62(111)56(43(8)9)89-67(116)74(16,17)92-59(108)48(30-32-53(81)103)87-66(115)75(18,19)96-68(117)76(20,21)91-57(106)44(10)84-54(104)37-82-64(113)72(12,13)90-45(11)101/h40-44,46-51,56,100H,26-39H2,1-25H3,(H2,80,102)(H2,81,103)(H,82,113)(H,83,114)(H,84,104)(H,85,107)(H,86,105)(H,87,115)(H,88,118)(H,89,116)(H,90,101)(H,91,106)(H,92,108)(H,93,109)(H,94,111)(H,95,110)(H,96,117)(H,97,119). The highest BCUT2D eigenvalue weighted by molar-refractivity contribution is 6.07. The summed E-state index contributed by atoms with van der Waals surface area (Å²) in [5.41, 5.74) is -3.69. The minimum Gasteiger partial charge on any atom is -0.394 e. The van der Waals surface area contributed by atoms with Crippen LogP contribution in [0.5, 0.6) is 0 Å². The molecule has 2 aliphatic heterocycles. The van der Waals surface area contributed by atoms with E-state index in [1.54, 1.807) is 48.5 Å². The van der Waals surface area contributed by atoms with E-state index in [0.717, 1.165) is 4.90 Å². The van der Waals surface area contributed by atoms with Crippen LogP contribution in [0.3, 0.4) is 0 Å². The van der Waals surface area contributed by atoms with Gasteiger partial charge >= 0.3 is 0 Å². The molecule has 2 aliphatic rings. The molecule has 10 atom stereocenters. The van der Waals surface area contributed by atoms with Crippen molar-refractivity contribution in [2.75, 3.05) is 26.2 Å².